The van der Waals surface area contributed by atoms with E-state index in [4.69, 9.17) is 0 Å². The molecule has 1 aliphatic heterocycles. The SMILES string of the molecule is Cc1ccccc1N1C(=O)c2ccc(C(=O)NCCCNc3ccc(C(F)(F)F)cn3)cc2C1=O. The molecule has 0 saturated heterocycles. The first-order chi connectivity index (χ1) is 16.7. The molecule has 4 rings (SSSR count). The van der Waals surface area contributed by atoms with E-state index < -0.39 is 29.5 Å². The number of amides is 3. The van der Waals surface area contributed by atoms with Crippen molar-refractivity contribution in [3.8, 4) is 0 Å². The van der Waals surface area contributed by atoms with E-state index in [2.05, 4.69) is 15.6 Å². The first-order valence-electron chi connectivity index (χ1n) is 10.8. The Morgan fingerprint density at radius 1 is 0.971 bits per heavy atom. The molecule has 0 aliphatic carbocycles. The number of hydrogen-bond acceptors (Lipinski definition) is 5. The molecule has 0 radical (unpaired) electrons. The zero-order chi connectivity index (χ0) is 25.2. The average molecular weight is 482 g/mol. The van der Waals surface area contributed by atoms with Crippen molar-refractivity contribution in [1.82, 2.24) is 10.3 Å². The summed E-state index contributed by atoms with van der Waals surface area (Å²) in [4.78, 5) is 43.1. The molecule has 0 unspecified atom stereocenters. The predicted octanol–water partition coefficient (Wildman–Crippen LogP) is 4.44. The number of alkyl halides is 3. The quantitative estimate of drug-likeness (QED) is 0.384. The number of hydrogen-bond donors (Lipinski definition) is 2. The number of carbonyl (C=O) groups is 3. The van der Waals surface area contributed by atoms with Gasteiger partial charge in [-0.3, -0.25) is 14.4 Å². The summed E-state index contributed by atoms with van der Waals surface area (Å²) in [6.07, 6.45) is -3.20. The normalized spacial score (nSPS) is 13.1. The van der Waals surface area contributed by atoms with Crippen molar-refractivity contribution in [2.45, 2.75) is 19.5 Å². The molecule has 180 valence electrons. The molecule has 1 aliphatic rings. The van der Waals surface area contributed by atoms with Gasteiger partial charge in [0.2, 0.25) is 0 Å². The van der Waals surface area contributed by atoms with Gasteiger partial charge in [-0.05, 0) is 55.3 Å². The molecule has 2 heterocycles. The molecule has 7 nitrogen and oxygen atoms in total. The monoisotopic (exact) mass is 482 g/mol. The maximum atomic E-state index is 12.9. The minimum atomic E-state index is -4.44. The Morgan fingerprint density at radius 3 is 2.40 bits per heavy atom. The zero-order valence-electron chi connectivity index (χ0n) is 18.6. The van der Waals surface area contributed by atoms with Crippen LogP contribution in [0.1, 0.15) is 48.6 Å². The Bertz CT molecular complexity index is 1290. The smallest absolute Gasteiger partial charge is 0.370 e. The molecule has 1 aromatic heterocycles. The second-order valence-corrected chi connectivity index (χ2v) is 7.96. The summed E-state index contributed by atoms with van der Waals surface area (Å²) < 4.78 is 37.7. The molecule has 0 spiro atoms. The van der Waals surface area contributed by atoms with Gasteiger partial charge >= 0.3 is 6.18 Å². The Hall–Kier alpha value is -4.21. The molecular weight excluding hydrogens is 461 g/mol. The number of halogens is 3. The molecule has 35 heavy (non-hydrogen) atoms. The standard InChI is InChI=1S/C25H21F3N4O3/c1-15-5-2-3-6-20(15)32-23(34)18-9-7-16(13-19(18)24(32)35)22(33)30-12-4-11-29-21-10-8-17(14-31-21)25(26,27)28/h2-3,5-10,13-14H,4,11-12H2,1H3,(H,29,31)(H,30,33). The van der Waals surface area contributed by atoms with Gasteiger partial charge in [-0.2, -0.15) is 13.2 Å². The van der Waals surface area contributed by atoms with Gasteiger partial charge < -0.3 is 10.6 Å². The molecule has 2 N–H and O–H groups in total. The molecule has 0 atom stereocenters. The average Bonchev–Trinajstić information content (AvgIpc) is 3.08. The van der Waals surface area contributed by atoms with Crippen molar-refractivity contribution >= 4 is 29.2 Å². The van der Waals surface area contributed by atoms with Crippen molar-refractivity contribution in [1.29, 1.82) is 0 Å². The minimum absolute atomic E-state index is 0.168. The molecule has 0 bridgehead atoms. The molecule has 0 saturated carbocycles. The largest absolute Gasteiger partial charge is 0.417 e. The molecule has 10 heteroatoms. The lowest BCUT2D eigenvalue weighted by Gasteiger charge is -2.16. The van der Waals surface area contributed by atoms with Gasteiger partial charge in [-0.15, -0.1) is 0 Å². The van der Waals surface area contributed by atoms with Crippen LogP contribution in [0.3, 0.4) is 0 Å². The third kappa shape index (κ3) is 5.01. The van der Waals surface area contributed by atoms with E-state index >= 15 is 0 Å². The lowest BCUT2D eigenvalue weighted by molar-refractivity contribution is -0.137. The second-order valence-electron chi connectivity index (χ2n) is 7.96. The number of benzene rings is 2. The van der Waals surface area contributed by atoms with Crippen molar-refractivity contribution in [3.63, 3.8) is 0 Å². The fraction of sp³-hybridized carbons (Fsp3) is 0.200. The van der Waals surface area contributed by atoms with Gasteiger partial charge in [-0.1, -0.05) is 18.2 Å². The van der Waals surface area contributed by atoms with Crippen molar-refractivity contribution in [2.75, 3.05) is 23.3 Å². The summed E-state index contributed by atoms with van der Waals surface area (Å²) in [7, 11) is 0. The van der Waals surface area contributed by atoms with Gasteiger partial charge in [0.1, 0.15) is 5.82 Å². The Morgan fingerprint density at radius 2 is 1.71 bits per heavy atom. The predicted molar refractivity (Wildman–Crippen MR) is 123 cm³/mol. The number of fused-ring (bicyclic) bond motifs is 1. The number of imide groups is 1. The second kappa shape index (κ2) is 9.57. The Labute approximate surface area is 199 Å². The van der Waals surface area contributed by atoms with Gasteiger partial charge in [0.25, 0.3) is 17.7 Å². The Balaban J connectivity index is 1.32. The number of pyridine rings is 1. The van der Waals surface area contributed by atoms with Gasteiger partial charge in [0, 0.05) is 24.8 Å². The van der Waals surface area contributed by atoms with Gasteiger partial charge in [0.15, 0.2) is 0 Å². The number of nitrogens with zero attached hydrogens (tertiary/aromatic N) is 2. The van der Waals surface area contributed by atoms with Crippen LogP contribution in [0, 0.1) is 6.92 Å². The topological polar surface area (TPSA) is 91.4 Å². The van der Waals surface area contributed by atoms with Crippen molar-refractivity contribution in [3.05, 3.63) is 88.6 Å². The van der Waals surface area contributed by atoms with E-state index in [9.17, 15) is 27.6 Å². The van der Waals surface area contributed by atoms with Crippen LogP contribution in [0.2, 0.25) is 0 Å². The lowest BCUT2D eigenvalue weighted by atomic mass is 10.1. The van der Waals surface area contributed by atoms with Crippen LogP contribution in [0.5, 0.6) is 0 Å². The van der Waals surface area contributed by atoms with Crippen LogP contribution in [0.4, 0.5) is 24.7 Å². The number of nitrogens with one attached hydrogen (secondary N) is 2. The van der Waals surface area contributed by atoms with Crippen LogP contribution in [0.25, 0.3) is 0 Å². The molecule has 3 aromatic rings. The highest BCUT2D eigenvalue weighted by molar-refractivity contribution is 6.35. The number of para-hydroxylation sites is 1. The maximum absolute atomic E-state index is 12.9. The highest BCUT2D eigenvalue weighted by atomic mass is 19.4. The van der Waals surface area contributed by atoms with Crippen LogP contribution < -0.4 is 15.5 Å². The summed E-state index contributed by atoms with van der Waals surface area (Å²) >= 11 is 0. The van der Waals surface area contributed by atoms with Crippen LogP contribution in [-0.2, 0) is 6.18 Å². The summed E-state index contributed by atoms with van der Waals surface area (Å²) in [5, 5.41) is 5.61. The number of aryl methyl sites for hydroxylation is 1. The van der Waals surface area contributed by atoms with Gasteiger partial charge in [-0.25, -0.2) is 9.88 Å². The van der Waals surface area contributed by atoms with E-state index in [1.807, 2.05) is 6.07 Å². The highest BCUT2D eigenvalue weighted by Gasteiger charge is 2.37. The van der Waals surface area contributed by atoms with E-state index in [1.165, 1.54) is 24.3 Å². The van der Waals surface area contributed by atoms with E-state index in [1.54, 1.807) is 25.1 Å². The molecule has 3 amide bonds. The van der Waals surface area contributed by atoms with Crippen LogP contribution >= 0.6 is 0 Å². The first-order valence-corrected chi connectivity index (χ1v) is 10.8. The lowest BCUT2D eigenvalue weighted by Crippen LogP contribution is -2.30. The van der Waals surface area contributed by atoms with Gasteiger partial charge in [0.05, 0.1) is 22.4 Å². The molecular formula is C25H21F3N4O3. The fourth-order valence-corrected chi connectivity index (χ4v) is 3.69. The van der Waals surface area contributed by atoms with Crippen LogP contribution in [0.15, 0.2) is 60.8 Å². The number of rotatable bonds is 7. The van der Waals surface area contributed by atoms with E-state index in [0.29, 0.717) is 24.5 Å². The van der Waals surface area contributed by atoms with Crippen LogP contribution in [-0.4, -0.2) is 35.8 Å². The maximum Gasteiger partial charge on any atom is 0.417 e. The van der Waals surface area contributed by atoms with E-state index in [-0.39, 0.29) is 23.2 Å². The third-order valence-electron chi connectivity index (χ3n) is 5.54. The number of carbonyl (C=O) groups excluding carboxylic acids is 3. The summed E-state index contributed by atoms with van der Waals surface area (Å²) in [6, 6.07) is 13.6. The molecule has 2 aromatic carbocycles. The van der Waals surface area contributed by atoms with E-state index in [0.717, 1.165) is 22.7 Å². The minimum Gasteiger partial charge on any atom is -0.370 e. The fourth-order valence-electron chi connectivity index (χ4n) is 3.69. The molecule has 0 fully saturated rings. The zero-order valence-corrected chi connectivity index (χ0v) is 18.6. The van der Waals surface area contributed by atoms with Crippen molar-refractivity contribution < 1.29 is 27.6 Å². The highest BCUT2D eigenvalue weighted by Crippen LogP contribution is 2.31. The Kier molecular flexibility index (Phi) is 6.54. The first kappa shape index (κ1) is 23.9. The summed E-state index contributed by atoms with van der Waals surface area (Å²) in [5.41, 5.74) is 1.10. The third-order valence-corrected chi connectivity index (χ3v) is 5.54. The summed E-state index contributed by atoms with van der Waals surface area (Å²) in [5.74, 6) is -1.03. The number of aromatic nitrogens is 1. The van der Waals surface area contributed by atoms with Crippen molar-refractivity contribution in [2.24, 2.45) is 0 Å². The summed E-state index contributed by atoms with van der Waals surface area (Å²) in [6.45, 7) is 2.47. The number of anilines is 2.